The van der Waals surface area contributed by atoms with Gasteiger partial charge in [0.2, 0.25) is 0 Å². The number of nitrogens with zero attached hydrogens (tertiary/aromatic N) is 1. The van der Waals surface area contributed by atoms with Crippen molar-refractivity contribution in [1.29, 1.82) is 0 Å². The topological polar surface area (TPSA) is 66.8 Å². The molecule has 1 N–H and O–H groups in total. The molecular formula is C27H24FNO4. The number of hydrogen-bond donors (Lipinski definition) is 1. The molecule has 0 saturated carbocycles. The van der Waals surface area contributed by atoms with Crippen LogP contribution in [0.4, 0.5) is 10.1 Å². The molecule has 1 fully saturated rings. The lowest BCUT2D eigenvalue weighted by Crippen LogP contribution is -2.29. The van der Waals surface area contributed by atoms with Crippen LogP contribution in [0.1, 0.15) is 36.6 Å². The van der Waals surface area contributed by atoms with Crippen LogP contribution in [0.2, 0.25) is 0 Å². The number of halogens is 1. The number of ether oxygens (including phenoxy) is 1. The van der Waals surface area contributed by atoms with E-state index in [1.54, 1.807) is 55.5 Å². The average molecular weight is 445 g/mol. The van der Waals surface area contributed by atoms with Gasteiger partial charge in [0.15, 0.2) is 0 Å². The lowest BCUT2D eigenvalue weighted by Gasteiger charge is -2.25. The Balaban J connectivity index is 1.89. The van der Waals surface area contributed by atoms with Gasteiger partial charge in [0.05, 0.1) is 17.7 Å². The number of para-hydroxylation sites is 1. The molecule has 1 heterocycles. The molecule has 33 heavy (non-hydrogen) atoms. The van der Waals surface area contributed by atoms with Crippen LogP contribution in [-0.2, 0) is 9.59 Å². The highest BCUT2D eigenvalue weighted by atomic mass is 19.1. The summed E-state index contributed by atoms with van der Waals surface area (Å²) in [5, 5.41) is 11.1. The number of benzene rings is 3. The van der Waals surface area contributed by atoms with Gasteiger partial charge in [0.25, 0.3) is 11.7 Å². The number of Topliss-reactive ketones (excluding diaryl/α,β-unsaturated/α-hetero) is 1. The Morgan fingerprint density at radius 3 is 2.27 bits per heavy atom. The summed E-state index contributed by atoms with van der Waals surface area (Å²) in [7, 11) is 0. The van der Waals surface area contributed by atoms with E-state index in [0.717, 1.165) is 0 Å². The molecule has 4 rings (SSSR count). The first-order valence-electron chi connectivity index (χ1n) is 10.7. The molecule has 1 amide bonds. The van der Waals surface area contributed by atoms with Crippen LogP contribution >= 0.6 is 0 Å². The standard InChI is InChI=1S/C27H24FNO4/c1-16(2)33-21-12-9-18(10-13-21)24-23(25(30)19-11-14-22(28)17(3)15-19)26(31)27(32)29(24)20-7-5-4-6-8-20/h4-16,24,30H,1-3H3/b25-23-. The number of aryl methyl sites for hydroxylation is 1. The Morgan fingerprint density at radius 2 is 1.67 bits per heavy atom. The van der Waals surface area contributed by atoms with Crippen molar-refractivity contribution in [3.05, 3.63) is 101 Å². The highest BCUT2D eigenvalue weighted by Crippen LogP contribution is 2.42. The van der Waals surface area contributed by atoms with Crippen molar-refractivity contribution in [3.63, 3.8) is 0 Å². The first-order chi connectivity index (χ1) is 15.8. The molecule has 0 bridgehead atoms. The molecule has 0 aliphatic carbocycles. The van der Waals surface area contributed by atoms with Crippen LogP contribution in [0, 0.1) is 12.7 Å². The van der Waals surface area contributed by atoms with Gasteiger partial charge in [-0.15, -0.1) is 0 Å². The predicted octanol–water partition coefficient (Wildman–Crippen LogP) is 5.55. The summed E-state index contributed by atoms with van der Waals surface area (Å²) in [6, 6.07) is 19.1. The van der Waals surface area contributed by atoms with Gasteiger partial charge < -0.3 is 9.84 Å². The molecule has 3 aromatic carbocycles. The second kappa shape index (κ2) is 8.90. The maximum Gasteiger partial charge on any atom is 0.300 e. The quantitative estimate of drug-likeness (QED) is 0.318. The average Bonchev–Trinajstić information content (AvgIpc) is 3.06. The Kier molecular flexibility index (Phi) is 6.01. The summed E-state index contributed by atoms with van der Waals surface area (Å²) in [5.41, 5.74) is 1.70. The normalized spacial score (nSPS) is 17.6. The zero-order valence-electron chi connectivity index (χ0n) is 18.6. The van der Waals surface area contributed by atoms with Crippen molar-refractivity contribution >= 4 is 23.1 Å². The molecule has 1 unspecified atom stereocenters. The van der Waals surface area contributed by atoms with Crippen molar-refractivity contribution in [2.45, 2.75) is 32.9 Å². The van der Waals surface area contributed by atoms with Gasteiger partial charge >= 0.3 is 0 Å². The van der Waals surface area contributed by atoms with Crippen molar-refractivity contribution in [2.75, 3.05) is 4.90 Å². The van der Waals surface area contributed by atoms with Crippen LogP contribution < -0.4 is 9.64 Å². The fraction of sp³-hybridized carbons (Fsp3) is 0.185. The number of ketones is 1. The molecular weight excluding hydrogens is 421 g/mol. The molecule has 0 radical (unpaired) electrons. The Morgan fingerprint density at radius 1 is 1.00 bits per heavy atom. The molecule has 5 nitrogen and oxygen atoms in total. The van der Waals surface area contributed by atoms with E-state index in [4.69, 9.17) is 4.74 Å². The number of carbonyl (C=O) groups is 2. The summed E-state index contributed by atoms with van der Waals surface area (Å²) >= 11 is 0. The Labute approximate surface area is 191 Å². The molecule has 3 aromatic rings. The van der Waals surface area contributed by atoms with E-state index in [9.17, 15) is 19.1 Å². The minimum Gasteiger partial charge on any atom is -0.507 e. The smallest absolute Gasteiger partial charge is 0.300 e. The van der Waals surface area contributed by atoms with Gasteiger partial charge in [-0.25, -0.2) is 4.39 Å². The molecule has 0 aromatic heterocycles. The minimum absolute atomic E-state index is 0.00693. The minimum atomic E-state index is -0.856. The number of carbonyl (C=O) groups excluding carboxylic acids is 2. The molecule has 1 atom stereocenters. The summed E-state index contributed by atoms with van der Waals surface area (Å²) < 4.78 is 19.5. The third kappa shape index (κ3) is 4.24. The summed E-state index contributed by atoms with van der Waals surface area (Å²) in [4.78, 5) is 27.6. The van der Waals surface area contributed by atoms with Gasteiger partial charge in [0, 0.05) is 11.3 Å². The second-order valence-electron chi connectivity index (χ2n) is 8.20. The van der Waals surface area contributed by atoms with E-state index in [0.29, 0.717) is 22.6 Å². The number of rotatable bonds is 5. The third-order valence-electron chi connectivity index (χ3n) is 5.48. The lowest BCUT2D eigenvalue weighted by atomic mass is 9.94. The fourth-order valence-electron chi connectivity index (χ4n) is 3.95. The van der Waals surface area contributed by atoms with Crippen LogP contribution in [0.3, 0.4) is 0 Å². The summed E-state index contributed by atoms with van der Waals surface area (Å²) in [5.74, 6) is -1.66. The molecule has 6 heteroatoms. The van der Waals surface area contributed by atoms with E-state index in [-0.39, 0.29) is 23.0 Å². The van der Waals surface area contributed by atoms with Gasteiger partial charge in [-0.3, -0.25) is 14.5 Å². The van der Waals surface area contributed by atoms with Gasteiger partial charge in [-0.2, -0.15) is 0 Å². The monoisotopic (exact) mass is 445 g/mol. The maximum atomic E-state index is 13.8. The number of aliphatic hydroxyl groups excluding tert-OH is 1. The van der Waals surface area contributed by atoms with Gasteiger partial charge in [-0.1, -0.05) is 30.3 Å². The van der Waals surface area contributed by atoms with Crippen LogP contribution in [0.5, 0.6) is 5.75 Å². The van der Waals surface area contributed by atoms with E-state index < -0.39 is 23.5 Å². The van der Waals surface area contributed by atoms with Crippen molar-refractivity contribution in [1.82, 2.24) is 0 Å². The van der Waals surface area contributed by atoms with Crippen molar-refractivity contribution in [3.8, 4) is 5.75 Å². The molecule has 1 saturated heterocycles. The van der Waals surface area contributed by atoms with Crippen molar-refractivity contribution in [2.24, 2.45) is 0 Å². The zero-order chi connectivity index (χ0) is 23.7. The Bertz CT molecular complexity index is 1230. The lowest BCUT2D eigenvalue weighted by molar-refractivity contribution is -0.132. The Hall–Kier alpha value is -3.93. The van der Waals surface area contributed by atoms with E-state index in [1.165, 1.54) is 23.1 Å². The summed E-state index contributed by atoms with van der Waals surface area (Å²) in [6.45, 7) is 5.41. The van der Waals surface area contributed by atoms with Crippen LogP contribution in [0.15, 0.2) is 78.4 Å². The van der Waals surface area contributed by atoms with Crippen LogP contribution in [0.25, 0.3) is 5.76 Å². The maximum absolute atomic E-state index is 13.8. The van der Waals surface area contributed by atoms with Gasteiger partial charge in [0.1, 0.15) is 17.3 Å². The molecule has 168 valence electrons. The zero-order valence-corrected chi connectivity index (χ0v) is 18.6. The second-order valence-corrected chi connectivity index (χ2v) is 8.20. The third-order valence-corrected chi connectivity index (χ3v) is 5.48. The first kappa shape index (κ1) is 22.3. The predicted molar refractivity (Wildman–Crippen MR) is 125 cm³/mol. The number of aliphatic hydroxyl groups is 1. The van der Waals surface area contributed by atoms with Gasteiger partial charge in [-0.05, 0) is 74.4 Å². The number of hydrogen-bond acceptors (Lipinski definition) is 4. The SMILES string of the molecule is Cc1cc(/C(O)=C2/C(=O)C(=O)N(c3ccccc3)C2c2ccc(OC(C)C)cc2)ccc1F. The molecule has 0 spiro atoms. The largest absolute Gasteiger partial charge is 0.507 e. The van der Waals surface area contributed by atoms with Crippen molar-refractivity contribution < 1.29 is 23.8 Å². The first-order valence-corrected chi connectivity index (χ1v) is 10.7. The highest BCUT2D eigenvalue weighted by molar-refractivity contribution is 6.51. The fourth-order valence-corrected chi connectivity index (χ4v) is 3.95. The van der Waals surface area contributed by atoms with Crippen LogP contribution in [-0.4, -0.2) is 22.9 Å². The van der Waals surface area contributed by atoms with E-state index in [2.05, 4.69) is 0 Å². The summed E-state index contributed by atoms with van der Waals surface area (Å²) in [6.07, 6.45) is -0.00693. The molecule has 1 aliphatic rings. The molecule has 1 aliphatic heterocycles. The van der Waals surface area contributed by atoms with E-state index >= 15 is 0 Å². The number of amides is 1. The van der Waals surface area contributed by atoms with E-state index in [1.807, 2.05) is 19.9 Å². The number of anilines is 1. The highest BCUT2D eigenvalue weighted by Gasteiger charge is 2.46.